The molecule has 18 heavy (non-hydrogen) atoms. The van der Waals surface area contributed by atoms with Gasteiger partial charge in [0.2, 0.25) is 0 Å². The minimum absolute atomic E-state index is 0.593. The van der Waals surface area contributed by atoms with Crippen LogP contribution in [-0.2, 0) is 13.1 Å². The normalized spacial score (nSPS) is 13.5. The summed E-state index contributed by atoms with van der Waals surface area (Å²) in [5.74, 6) is 1.86. The van der Waals surface area contributed by atoms with Crippen LogP contribution in [0.1, 0.15) is 33.0 Å². The second-order valence-electron chi connectivity index (χ2n) is 5.51. The maximum absolute atomic E-state index is 4.38. The predicted molar refractivity (Wildman–Crippen MR) is 76.5 cm³/mol. The monoisotopic (exact) mass is 252 g/mol. The van der Waals surface area contributed by atoms with Crippen molar-refractivity contribution < 1.29 is 0 Å². The number of hydrogen-bond donors (Lipinski definition) is 1. The summed E-state index contributed by atoms with van der Waals surface area (Å²) in [6, 6.07) is 0.593. The molecule has 1 atom stereocenters. The van der Waals surface area contributed by atoms with Crippen LogP contribution in [0.25, 0.3) is 0 Å². The van der Waals surface area contributed by atoms with E-state index in [0.29, 0.717) is 6.04 Å². The van der Waals surface area contributed by atoms with Gasteiger partial charge in [0.1, 0.15) is 5.82 Å². The molecule has 1 aromatic rings. The molecule has 4 heteroatoms. The van der Waals surface area contributed by atoms with Crippen molar-refractivity contribution in [1.29, 1.82) is 0 Å². The second-order valence-corrected chi connectivity index (χ2v) is 5.51. The molecule has 0 amide bonds. The van der Waals surface area contributed by atoms with Gasteiger partial charge in [0.05, 0.1) is 6.54 Å². The fourth-order valence-electron chi connectivity index (χ4n) is 2.17. The van der Waals surface area contributed by atoms with Crippen LogP contribution in [-0.4, -0.2) is 41.1 Å². The third kappa shape index (κ3) is 4.78. The number of imidazole rings is 1. The van der Waals surface area contributed by atoms with Gasteiger partial charge in [-0.1, -0.05) is 13.8 Å². The highest BCUT2D eigenvalue weighted by Gasteiger charge is 2.13. The van der Waals surface area contributed by atoms with E-state index in [1.165, 1.54) is 6.42 Å². The van der Waals surface area contributed by atoms with Crippen LogP contribution < -0.4 is 5.32 Å². The minimum Gasteiger partial charge on any atom is -0.334 e. The molecule has 1 unspecified atom stereocenters. The Morgan fingerprint density at radius 1 is 1.39 bits per heavy atom. The first-order chi connectivity index (χ1) is 8.54. The summed E-state index contributed by atoms with van der Waals surface area (Å²) < 4.78 is 2.18. The minimum atomic E-state index is 0.593. The van der Waals surface area contributed by atoms with E-state index in [-0.39, 0.29) is 0 Å². The molecule has 0 aliphatic heterocycles. The third-order valence-electron chi connectivity index (χ3n) is 3.28. The smallest absolute Gasteiger partial charge is 0.122 e. The van der Waals surface area contributed by atoms with E-state index in [0.717, 1.165) is 31.4 Å². The Hall–Kier alpha value is -0.870. The molecule has 0 aromatic carbocycles. The van der Waals surface area contributed by atoms with Crippen molar-refractivity contribution >= 4 is 0 Å². The Kier molecular flexibility index (Phi) is 6.36. The zero-order chi connectivity index (χ0) is 13.5. The van der Waals surface area contributed by atoms with Crippen molar-refractivity contribution in [2.24, 2.45) is 5.92 Å². The average molecular weight is 252 g/mol. The summed E-state index contributed by atoms with van der Waals surface area (Å²) in [5.41, 5.74) is 0. The summed E-state index contributed by atoms with van der Waals surface area (Å²) in [7, 11) is 4.31. The van der Waals surface area contributed by atoms with Gasteiger partial charge < -0.3 is 14.8 Å². The van der Waals surface area contributed by atoms with E-state index >= 15 is 0 Å². The Morgan fingerprint density at radius 3 is 2.67 bits per heavy atom. The molecule has 0 bridgehead atoms. The molecule has 1 rings (SSSR count). The summed E-state index contributed by atoms with van der Waals surface area (Å²) in [4.78, 5) is 6.68. The highest BCUT2D eigenvalue weighted by Crippen LogP contribution is 2.08. The zero-order valence-electron chi connectivity index (χ0n) is 12.5. The molecule has 1 N–H and O–H groups in total. The van der Waals surface area contributed by atoms with E-state index in [9.17, 15) is 0 Å². The van der Waals surface area contributed by atoms with E-state index in [4.69, 9.17) is 0 Å². The van der Waals surface area contributed by atoms with Gasteiger partial charge in [-0.3, -0.25) is 0 Å². The predicted octanol–water partition coefficient (Wildman–Crippen LogP) is 1.97. The van der Waals surface area contributed by atoms with Gasteiger partial charge in [-0.15, -0.1) is 0 Å². The van der Waals surface area contributed by atoms with Crippen LogP contribution in [0.2, 0.25) is 0 Å². The molecule has 1 aromatic heterocycles. The topological polar surface area (TPSA) is 33.1 Å². The summed E-state index contributed by atoms with van der Waals surface area (Å²) >= 11 is 0. The summed E-state index contributed by atoms with van der Waals surface area (Å²) in [5, 5.41) is 3.52. The maximum atomic E-state index is 4.38. The van der Waals surface area contributed by atoms with E-state index in [2.05, 4.69) is 54.6 Å². The molecule has 0 radical (unpaired) electrons. The Morgan fingerprint density at radius 2 is 2.11 bits per heavy atom. The van der Waals surface area contributed by atoms with Gasteiger partial charge >= 0.3 is 0 Å². The molecule has 0 saturated heterocycles. The van der Waals surface area contributed by atoms with Crippen LogP contribution in [0.4, 0.5) is 0 Å². The lowest BCUT2D eigenvalue weighted by molar-refractivity contribution is 0.246. The molecular formula is C14H28N4. The Balaban J connectivity index is 2.39. The molecular weight excluding hydrogens is 224 g/mol. The van der Waals surface area contributed by atoms with Crippen molar-refractivity contribution in [3.63, 3.8) is 0 Å². The molecule has 1 heterocycles. The van der Waals surface area contributed by atoms with Crippen LogP contribution in [0, 0.1) is 5.92 Å². The first kappa shape index (κ1) is 15.2. The standard InChI is InChI=1S/C14H28N4/c1-6-18-8-7-16-14(18)11-15-10-13(17(4)5)9-12(2)3/h7-8,12-13,15H,6,9-11H2,1-5H3. The van der Waals surface area contributed by atoms with Crippen LogP contribution in [0.15, 0.2) is 12.4 Å². The van der Waals surface area contributed by atoms with Crippen molar-refractivity contribution in [3.8, 4) is 0 Å². The number of nitrogens with one attached hydrogen (secondary N) is 1. The SMILES string of the molecule is CCn1ccnc1CNCC(CC(C)C)N(C)C. The van der Waals surface area contributed by atoms with Gasteiger partial charge in [0.15, 0.2) is 0 Å². The second kappa shape index (κ2) is 7.54. The lowest BCUT2D eigenvalue weighted by Gasteiger charge is -2.26. The lowest BCUT2D eigenvalue weighted by Crippen LogP contribution is -2.38. The zero-order valence-corrected chi connectivity index (χ0v) is 12.5. The molecule has 0 aliphatic carbocycles. The number of nitrogens with zero attached hydrogens (tertiary/aromatic N) is 3. The number of likely N-dealkylation sites (N-methyl/N-ethyl adjacent to an activating group) is 1. The van der Waals surface area contributed by atoms with E-state index in [1.807, 2.05) is 12.4 Å². The van der Waals surface area contributed by atoms with Crippen molar-refractivity contribution in [2.45, 2.75) is 46.3 Å². The molecule has 0 spiro atoms. The average Bonchev–Trinajstić information content (AvgIpc) is 2.74. The number of aryl methyl sites for hydroxylation is 1. The molecule has 0 fully saturated rings. The third-order valence-corrected chi connectivity index (χ3v) is 3.28. The number of aromatic nitrogens is 2. The lowest BCUT2D eigenvalue weighted by atomic mass is 10.0. The van der Waals surface area contributed by atoms with E-state index in [1.54, 1.807) is 0 Å². The van der Waals surface area contributed by atoms with Crippen LogP contribution >= 0.6 is 0 Å². The van der Waals surface area contributed by atoms with Gasteiger partial charge in [0.25, 0.3) is 0 Å². The molecule has 104 valence electrons. The van der Waals surface area contributed by atoms with E-state index < -0.39 is 0 Å². The molecule has 0 aliphatic rings. The number of hydrogen-bond acceptors (Lipinski definition) is 3. The first-order valence-electron chi connectivity index (χ1n) is 6.91. The van der Waals surface area contributed by atoms with Crippen molar-refractivity contribution in [2.75, 3.05) is 20.6 Å². The first-order valence-corrected chi connectivity index (χ1v) is 6.91. The Labute approximate surface area is 111 Å². The summed E-state index contributed by atoms with van der Waals surface area (Å²) in [6.07, 6.45) is 5.13. The fourth-order valence-corrected chi connectivity index (χ4v) is 2.17. The van der Waals surface area contributed by atoms with Crippen LogP contribution in [0.3, 0.4) is 0 Å². The van der Waals surface area contributed by atoms with Gasteiger partial charge in [-0.05, 0) is 33.4 Å². The quantitative estimate of drug-likeness (QED) is 0.768. The summed E-state index contributed by atoms with van der Waals surface area (Å²) in [6.45, 7) is 9.55. The van der Waals surface area contributed by atoms with Gasteiger partial charge in [-0.25, -0.2) is 4.98 Å². The molecule has 4 nitrogen and oxygen atoms in total. The highest BCUT2D eigenvalue weighted by molar-refractivity contribution is 4.91. The molecule has 0 saturated carbocycles. The van der Waals surface area contributed by atoms with Crippen molar-refractivity contribution in [3.05, 3.63) is 18.2 Å². The fraction of sp³-hybridized carbons (Fsp3) is 0.786. The van der Waals surface area contributed by atoms with Gasteiger partial charge in [-0.2, -0.15) is 0 Å². The largest absolute Gasteiger partial charge is 0.334 e. The highest BCUT2D eigenvalue weighted by atomic mass is 15.1. The maximum Gasteiger partial charge on any atom is 0.122 e. The Bertz CT molecular complexity index is 330. The van der Waals surface area contributed by atoms with Crippen LogP contribution in [0.5, 0.6) is 0 Å². The van der Waals surface area contributed by atoms with Gasteiger partial charge in [0, 0.05) is 31.5 Å². The number of rotatable bonds is 8. The van der Waals surface area contributed by atoms with Crippen molar-refractivity contribution in [1.82, 2.24) is 19.8 Å².